The van der Waals surface area contributed by atoms with E-state index in [1.165, 1.54) is 4.31 Å². The van der Waals surface area contributed by atoms with Gasteiger partial charge in [-0.15, -0.1) is 0 Å². The van der Waals surface area contributed by atoms with Crippen molar-refractivity contribution in [2.75, 3.05) is 52.9 Å². The lowest BCUT2D eigenvalue weighted by Gasteiger charge is -2.40. The van der Waals surface area contributed by atoms with Crippen molar-refractivity contribution in [2.45, 2.75) is 33.7 Å². The van der Waals surface area contributed by atoms with E-state index in [2.05, 4.69) is 35.4 Å². The number of nitrogens with zero attached hydrogens (tertiary/aromatic N) is 3. The van der Waals surface area contributed by atoms with Crippen molar-refractivity contribution in [2.24, 2.45) is 5.92 Å². The van der Waals surface area contributed by atoms with Gasteiger partial charge in [0.25, 0.3) is 10.2 Å². The van der Waals surface area contributed by atoms with Gasteiger partial charge in [-0.2, -0.15) is 12.7 Å². The van der Waals surface area contributed by atoms with Crippen LogP contribution in [0.5, 0.6) is 0 Å². The molecule has 1 heterocycles. The maximum atomic E-state index is 12.2. The van der Waals surface area contributed by atoms with Crippen LogP contribution in [0.1, 0.15) is 27.7 Å². The highest BCUT2D eigenvalue weighted by atomic mass is 32.2. The lowest BCUT2D eigenvalue weighted by molar-refractivity contribution is 0.0903. The SMILES string of the molecule is CCN(CC)S(=O)(=O)NCC(C(C)C)N1CCN(C)CC1. The molecule has 1 rings (SSSR count). The molecule has 0 spiro atoms. The summed E-state index contributed by atoms with van der Waals surface area (Å²) in [5.74, 6) is 0.424. The molecule has 0 aliphatic carbocycles. The van der Waals surface area contributed by atoms with Gasteiger partial charge in [0.15, 0.2) is 0 Å². The van der Waals surface area contributed by atoms with Gasteiger partial charge < -0.3 is 4.90 Å². The van der Waals surface area contributed by atoms with Crippen molar-refractivity contribution >= 4 is 10.2 Å². The highest BCUT2D eigenvalue weighted by molar-refractivity contribution is 7.87. The van der Waals surface area contributed by atoms with Crippen LogP contribution in [0.4, 0.5) is 0 Å². The number of hydrogen-bond donors (Lipinski definition) is 1. The molecule has 0 radical (unpaired) electrons. The summed E-state index contributed by atoms with van der Waals surface area (Å²) in [4.78, 5) is 4.73. The largest absolute Gasteiger partial charge is 0.304 e. The number of piperazine rings is 1. The highest BCUT2D eigenvalue weighted by Gasteiger charge is 2.27. The van der Waals surface area contributed by atoms with E-state index in [1.807, 2.05) is 13.8 Å². The van der Waals surface area contributed by atoms with Crippen LogP contribution in [-0.4, -0.2) is 81.4 Å². The molecule has 1 saturated heterocycles. The van der Waals surface area contributed by atoms with Gasteiger partial charge in [-0.3, -0.25) is 4.90 Å². The molecule has 1 unspecified atom stereocenters. The Morgan fingerprint density at radius 2 is 1.62 bits per heavy atom. The maximum absolute atomic E-state index is 12.2. The van der Waals surface area contributed by atoms with Crippen LogP contribution in [0.15, 0.2) is 0 Å². The van der Waals surface area contributed by atoms with Crippen LogP contribution in [0.25, 0.3) is 0 Å². The Kier molecular flexibility index (Phi) is 7.56. The summed E-state index contributed by atoms with van der Waals surface area (Å²) in [6.07, 6.45) is 0. The Hall–Kier alpha value is -0.210. The molecular weight excluding hydrogens is 288 g/mol. The van der Waals surface area contributed by atoms with E-state index in [4.69, 9.17) is 0 Å². The third kappa shape index (κ3) is 5.49. The lowest BCUT2D eigenvalue weighted by atomic mass is 10.0. The monoisotopic (exact) mass is 320 g/mol. The smallest absolute Gasteiger partial charge is 0.279 e. The normalized spacial score (nSPS) is 20.3. The molecule has 1 atom stereocenters. The fourth-order valence-electron chi connectivity index (χ4n) is 2.79. The van der Waals surface area contributed by atoms with Gasteiger partial charge in [-0.1, -0.05) is 27.7 Å². The Bertz CT molecular complexity index is 388. The fourth-order valence-corrected chi connectivity index (χ4v) is 4.03. The van der Waals surface area contributed by atoms with Crippen molar-refractivity contribution in [3.8, 4) is 0 Å². The number of likely N-dealkylation sites (N-methyl/N-ethyl adjacent to an activating group) is 1. The maximum Gasteiger partial charge on any atom is 0.279 e. The summed E-state index contributed by atoms with van der Waals surface area (Å²) in [7, 11) is -1.22. The molecular formula is C14H32N4O2S. The second-order valence-corrected chi connectivity index (χ2v) is 7.84. The van der Waals surface area contributed by atoms with Gasteiger partial charge >= 0.3 is 0 Å². The topological polar surface area (TPSA) is 55.9 Å². The summed E-state index contributed by atoms with van der Waals surface area (Å²) in [5.41, 5.74) is 0. The first-order valence-electron chi connectivity index (χ1n) is 7.99. The zero-order chi connectivity index (χ0) is 16.0. The molecule has 1 aliphatic heterocycles. The third-order valence-electron chi connectivity index (χ3n) is 4.30. The van der Waals surface area contributed by atoms with Gasteiger partial charge in [0, 0.05) is 51.9 Å². The van der Waals surface area contributed by atoms with Crippen LogP contribution < -0.4 is 4.72 Å². The molecule has 0 aromatic heterocycles. The molecule has 1 N–H and O–H groups in total. The van der Waals surface area contributed by atoms with Crippen molar-refractivity contribution < 1.29 is 8.42 Å². The molecule has 21 heavy (non-hydrogen) atoms. The third-order valence-corrected chi connectivity index (χ3v) is 6.02. The first-order valence-corrected chi connectivity index (χ1v) is 9.43. The molecule has 6 nitrogen and oxygen atoms in total. The van der Waals surface area contributed by atoms with Crippen LogP contribution in [0, 0.1) is 5.92 Å². The van der Waals surface area contributed by atoms with Crippen molar-refractivity contribution in [1.82, 2.24) is 18.8 Å². The predicted molar refractivity (Wildman–Crippen MR) is 87.5 cm³/mol. The zero-order valence-electron chi connectivity index (χ0n) is 14.2. The summed E-state index contributed by atoms with van der Waals surface area (Å²) in [6.45, 7) is 13.7. The summed E-state index contributed by atoms with van der Waals surface area (Å²) >= 11 is 0. The number of nitrogens with one attached hydrogen (secondary N) is 1. The van der Waals surface area contributed by atoms with Gasteiger partial charge in [0.05, 0.1) is 0 Å². The van der Waals surface area contributed by atoms with E-state index in [-0.39, 0.29) is 6.04 Å². The molecule has 126 valence electrons. The summed E-state index contributed by atoms with van der Waals surface area (Å²) in [5, 5.41) is 0. The molecule has 0 aromatic carbocycles. The Morgan fingerprint density at radius 1 is 1.10 bits per heavy atom. The standard InChI is InChI=1S/C14H32N4O2S/c1-6-18(7-2)21(19,20)15-12-14(13(3)4)17-10-8-16(5)9-11-17/h13-15H,6-12H2,1-5H3. The quantitative estimate of drug-likeness (QED) is 0.705. The second kappa shape index (κ2) is 8.43. The fraction of sp³-hybridized carbons (Fsp3) is 1.00. The Labute approximate surface area is 130 Å². The zero-order valence-corrected chi connectivity index (χ0v) is 15.0. The minimum absolute atomic E-state index is 0.254. The van der Waals surface area contributed by atoms with Crippen LogP contribution in [-0.2, 0) is 10.2 Å². The molecule has 0 saturated carbocycles. The predicted octanol–water partition coefficient (Wildman–Crippen LogP) is 0.435. The van der Waals surface area contributed by atoms with Crippen molar-refractivity contribution in [1.29, 1.82) is 0 Å². The average Bonchev–Trinajstić information content (AvgIpc) is 2.41. The average molecular weight is 321 g/mol. The molecule has 7 heteroatoms. The van der Waals surface area contributed by atoms with Crippen LogP contribution in [0.2, 0.25) is 0 Å². The first kappa shape index (κ1) is 18.8. The molecule has 0 aromatic rings. The van der Waals surface area contributed by atoms with Gasteiger partial charge in [-0.05, 0) is 13.0 Å². The minimum atomic E-state index is -3.35. The van der Waals surface area contributed by atoms with E-state index in [0.29, 0.717) is 25.6 Å². The minimum Gasteiger partial charge on any atom is -0.304 e. The summed E-state index contributed by atoms with van der Waals surface area (Å²) in [6, 6.07) is 0.254. The summed E-state index contributed by atoms with van der Waals surface area (Å²) < 4.78 is 28.7. The molecule has 1 fully saturated rings. The van der Waals surface area contributed by atoms with Crippen molar-refractivity contribution in [3.63, 3.8) is 0 Å². The Morgan fingerprint density at radius 3 is 2.05 bits per heavy atom. The molecule has 0 amide bonds. The van der Waals surface area contributed by atoms with Gasteiger partial charge in [0.1, 0.15) is 0 Å². The first-order chi connectivity index (χ1) is 9.81. The van der Waals surface area contributed by atoms with E-state index in [1.54, 1.807) is 0 Å². The number of rotatable bonds is 8. The van der Waals surface area contributed by atoms with E-state index >= 15 is 0 Å². The van der Waals surface area contributed by atoms with Gasteiger partial charge in [-0.25, -0.2) is 4.72 Å². The lowest BCUT2D eigenvalue weighted by Crippen LogP contribution is -2.55. The number of hydrogen-bond acceptors (Lipinski definition) is 4. The van der Waals surface area contributed by atoms with Gasteiger partial charge in [0.2, 0.25) is 0 Å². The van der Waals surface area contributed by atoms with E-state index in [0.717, 1.165) is 26.2 Å². The van der Waals surface area contributed by atoms with E-state index in [9.17, 15) is 8.42 Å². The van der Waals surface area contributed by atoms with Crippen LogP contribution >= 0.6 is 0 Å². The second-order valence-electron chi connectivity index (χ2n) is 6.09. The van der Waals surface area contributed by atoms with Crippen molar-refractivity contribution in [3.05, 3.63) is 0 Å². The molecule has 1 aliphatic rings. The van der Waals surface area contributed by atoms with Crippen LogP contribution in [0.3, 0.4) is 0 Å². The molecule has 0 bridgehead atoms. The van der Waals surface area contributed by atoms with E-state index < -0.39 is 10.2 Å². The highest BCUT2D eigenvalue weighted by Crippen LogP contribution is 2.13. The Balaban J connectivity index is 2.63.